The first-order valence-electron chi connectivity index (χ1n) is 7.84. The Morgan fingerprint density at radius 2 is 1.85 bits per heavy atom. The van der Waals surface area contributed by atoms with Crippen LogP contribution in [0.15, 0.2) is 60.9 Å². The molecular weight excluding hydrogens is 354 g/mol. The van der Waals surface area contributed by atoms with Gasteiger partial charge in [-0.3, -0.25) is 4.79 Å². The van der Waals surface area contributed by atoms with E-state index in [1.54, 1.807) is 60.9 Å². The Bertz CT molecular complexity index is 886. The average molecular weight is 370 g/mol. The molecule has 1 aromatic heterocycles. The third kappa shape index (κ3) is 4.94. The van der Waals surface area contributed by atoms with Crippen LogP contribution in [0.4, 0.5) is 5.69 Å². The zero-order valence-electron chi connectivity index (χ0n) is 14.0. The molecule has 0 aliphatic heterocycles. The molecule has 2 aromatic carbocycles. The molecule has 0 radical (unpaired) electrons. The molecule has 0 atom stereocenters. The van der Waals surface area contributed by atoms with Gasteiger partial charge in [0.15, 0.2) is 6.61 Å². The van der Waals surface area contributed by atoms with Gasteiger partial charge in [0.1, 0.15) is 11.5 Å². The number of nitrogens with one attached hydrogen (secondary N) is 1. The molecule has 6 nitrogen and oxygen atoms in total. The predicted octanol–water partition coefficient (Wildman–Crippen LogP) is 4.25. The van der Waals surface area contributed by atoms with Crippen molar-refractivity contribution in [2.24, 2.45) is 0 Å². The number of hydrogen-bond acceptors (Lipinski definition) is 5. The number of aromatic nitrogens is 2. The fourth-order valence-corrected chi connectivity index (χ4v) is 2.39. The monoisotopic (exact) mass is 369 g/mol. The van der Waals surface area contributed by atoms with Gasteiger partial charge < -0.3 is 14.8 Å². The van der Waals surface area contributed by atoms with Gasteiger partial charge in [0.2, 0.25) is 0 Å². The maximum absolute atomic E-state index is 12.0. The zero-order chi connectivity index (χ0) is 18.4. The third-order valence-electron chi connectivity index (χ3n) is 3.39. The van der Waals surface area contributed by atoms with Crippen molar-refractivity contribution in [1.82, 2.24) is 9.97 Å². The highest BCUT2D eigenvalue weighted by Gasteiger charge is 2.07. The van der Waals surface area contributed by atoms with Crippen LogP contribution in [0, 0.1) is 6.92 Å². The summed E-state index contributed by atoms with van der Waals surface area (Å²) in [4.78, 5) is 20.0. The molecule has 0 aliphatic rings. The van der Waals surface area contributed by atoms with Crippen molar-refractivity contribution in [2.75, 3.05) is 11.9 Å². The number of carbonyl (C=O) groups is 1. The first kappa shape index (κ1) is 17.7. The lowest BCUT2D eigenvalue weighted by molar-refractivity contribution is -0.118. The topological polar surface area (TPSA) is 73.3 Å². The van der Waals surface area contributed by atoms with Gasteiger partial charge >= 0.3 is 6.01 Å². The first-order valence-corrected chi connectivity index (χ1v) is 8.22. The van der Waals surface area contributed by atoms with Crippen LogP contribution in [-0.4, -0.2) is 22.5 Å². The minimum Gasteiger partial charge on any atom is -0.483 e. The van der Waals surface area contributed by atoms with Gasteiger partial charge in [0, 0.05) is 23.1 Å². The summed E-state index contributed by atoms with van der Waals surface area (Å²) in [6.07, 6.45) is 3.19. The molecular formula is C19H16ClN3O3. The summed E-state index contributed by atoms with van der Waals surface area (Å²) in [5.41, 5.74) is 1.50. The molecule has 3 aromatic rings. The molecule has 0 saturated heterocycles. The van der Waals surface area contributed by atoms with E-state index in [1.807, 2.05) is 6.92 Å². The summed E-state index contributed by atoms with van der Waals surface area (Å²) >= 11 is 5.90. The molecule has 132 valence electrons. The fourth-order valence-electron chi connectivity index (χ4n) is 2.16. The molecule has 0 unspecified atom stereocenters. The SMILES string of the molecule is Cc1cc(Cl)ccc1OCC(=O)Nc1ccc(Oc2ncccn2)cc1. The molecule has 0 spiro atoms. The number of carbonyl (C=O) groups excluding carboxylic acids is 1. The second-order valence-electron chi connectivity index (χ2n) is 5.40. The third-order valence-corrected chi connectivity index (χ3v) is 3.62. The number of aryl methyl sites for hydroxylation is 1. The molecule has 0 bridgehead atoms. The zero-order valence-corrected chi connectivity index (χ0v) is 14.7. The van der Waals surface area contributed by atoms with Crippen LogP contribution < -0.4 is 14.8 Å². The lowest BCUT2D eigenvalue weighted by Crippen LogP contribution is -2.20. The summed E-state index contributed by atoms with van der Waals surface area (Å²) < 4.78 is 11.0. The van der Waals surface area contributed by atoms with E-state index < -0.39 is 0 Å². The standard InChI is InChI=1S/C19H16ClN3O3/c1-13-11-14(20)3-8-17(13)25-12-18(24)23-15-4-6-16(7-5-15)26-19-21-9-2-10-22-19/h2-11H,12H2,1H3,(H,23,24). The largest absolute Gasteiger partial charge is 0.483 e. The van der Waals surface area contributed by atoms with E-state index in [9.17, 15) is 4.79 Å². The summed E-state index contributed by atoms with van der Waals surface area (Å²) in [7, 11) is 0. The fraction of sp³-hybridized carbons (Fsp3) is 0.105. The van der Waals surface area contributed by atoms with Crippen LogP contribution in [0.25, 0.3) is 0 Å². The van der Waals surface area contributed by atoms with Crippen LogP contribution in [0.1, 0.15) is 5.56 Å². The summed E-state index contributed by atoms with van der Waals surface area (Å²) in [6.45, 7) is 1.77. The first-order chi connectivity index (χ1) is 12.6. The second-order valence-corrected chi connectivity index (χ2v) is 5.84. The van der Waals surface area contributed by atoms with Crippen molar-refractivity contribution in [2.45, 2.75) is 6.92 Å². The van der Waals surface area contributed by atoms with Crippen LogP contribution >= 0.6 is 11.6 Å². The molecule has 7 heteroatoms. The molecule has 26 heavy (non-hydrogen) atoms. The molecule has 3 rings (SSSR count). The van der Waals surface area contributed by atoms with Gasteiger partial charge in [-0.05, 0) is 61.0 Å². The van der Waals surface area contributed by atoms with Crippen molar-refractivity contribution in [1.29, 1.82) is 0 Å². The number of hydrogen-bond donors (Lipinski definition) is 1. The van der Waals surface area contributed by atoms with E-state index in [0.29, 0.717) is 22.2 Å². The van der Waals surface area contributed by atoms with Crippen molar-refractivity contribution in [3.05, 3.63) is 71.5 Å². The quantitative estimate of drug-likeness (QED) is 0.703. The Balaban J connectivity index is 1.52. The van der Waals surface area contributed by atoms with E-state index in [-0.39, 0.29) is 18.5 Å². The minimum absolute atomic E-state index is 0.0986. The van der Waals surface area contributed by atoms with Crippen molar-refractivity contribution >= 4 is 23.2 Å². The van der Waals surface area contributed by atoms with Gasteiger partial charge in [-0.1, -0.05) is 11.6 Å². The smallest absolute Gasteiger partial charge is 0.321 e. The van der Waals surface area contributed by atoms with Crippen LogP contribution in [0.3, 0.4) is 0 Å². The van der Waals surface area contributed by atoms with Gasteiger partial charge in [-0.15, -0.1) is 0 Å². The highest BCUT2D eigenvalue weighted by Crippen LogP contribution is 2.22. The Labute approximate surface area is 155 Å². The number of anilines is 1. The molecule has 1 N–H and O–H groups in total. The molecule has 1 heterocycles. The molecule has 1 amide bonds. The Morgan fingerprint density at radius 1 is 1.12 bits per heavy atom. The summed E-state index contributed by atoms with van der Waals surface area (Å²) in [5.74, 6) is 0.929. The van der Waals surface area contributed by atoms with E-state index in [1.165, 1.54) is 0 Å². The lowest BCUT2D eigenvalue weighted by atomic mass is 10.2. The maximum Gasteiger partial charge on any atom is 0.321 e. The minimum atomic E-state index is -0.264. The van der Waals surface area contributed by atoms with Crippen molar-refractivity contribution in [3.8, 4) is 17.5 Å². The maximum atomic E-state index is 12.0. The number of benzene rings is 2. The molecule has 0 aliphatic carbocycles. The van der Waals surface area contributed by atoms with Gasteiger partial charge in [-0.25, -0.2) is 9.97 Å². The van der Waals surface area contributed by atoms with Crippen LogP contribution in [0.5, 0.6) is 17.5 Å². The number of nitrogens with zero attached hydrogens (tertiary/aromatic N) is 2. The van der Waals surface area contributed by atoms with E-state index in [0.717, 1.165) is 5.56 Å². The highest BCUT2D eigenvalue weighted by atomic mass is 35.5. The molecule has 0 fully saturated rings. The Hall–Kier alpha value is -3.12. The normalized spacial score (nSPS) is 10.2. The number of ether oxygens (including phenoxy) is 2. The lowest BCUT2D eigenvalue weighted by Gasteiger charge is -2.10. The predicted molar refractivity (Wildman–Crippen MR) is 98.9 cm³/mol. The van der Waals surface area contributed by atoms with E-state index in [2.05, 4.69) is 15.3 Å². The Kier molecular flexibility index (Phi) is 5.66. The summed E-state index contributed by atoms with van der Waals surface area (Å²) in [6, 6.07) is 14.1. The second kappa shape index (κ2) is 8.31. The Morgan fingerprint density at radius 3 is 2.54 bits per heavy atom. The van der Waals surface area contributed by atoms with Crippen LogP contribution in [0.2, 0.25) is 5.02 Å². The van der Waals surface area contributed by atoms with Gasteiger partial charge in [0.05, 0.1) is 0 Å². The molecule has 0 saturated carbocycles. The number of rotatable bonds is 6. The highest BCUT2D eigenvalue weighted by molar-refractivity contribution is 6.30. The van der Waals surface area contributed by atoms with E-state index >= 15 is 0 Å². The average Bonchev–Trinajstić information content (AvgIpc) is 2.63. The van der Waals surface area contributed by atoms with Gasteiger partial charge in [-0.2, -0.15) is 0 Å². The van der Waals surface area contributed by atoms with Crippen molar-refractivity contribution < 1.29 is 14.3 Å². The number of amides is 1. The van der Waals surface area contributed by atoms with Gasteiger partial charge in [0.25, 0.3) is 5.91 Å². The summed E-state index contributed by atoms with van der Waals surface area (Å²) in [5, 5.41) is 3.38. The van der Waals surface area contributed by atoms with Crippen molar-refractivity contribution in [3.63, 3.8) is 0 Å². The number of halogens is 1. The van der Waals surface area contributed by atoms with Crippen LogP contribution in [-0.2, 0) is 4.79 Å². The van der Waals surface area contributed by atoms with E-state index in [4.69, 9.17) is 21.1 Å².